The average molecular weight is 459 g/mol. The molecule has 1 aliphatic heterocycles. The average Bonchev–Trinajstić information content (AvgIpc) is 3.04. The molecule has 0 saturated carbocycles. The number of anilines is 1. The van der Waals surface area contributed by atoms with E-state index in [2.05, 4.69) is 23.8 Å². The summed E-state index contributed by atoms with van der Waals surface area (Å²) < 4.78 is 36.2. The summed E-state index contributed by atoms with van der Waals surface area (Å²) >= 11 is 0. The summed E-state index contributed by atoms with van der Waals surface area (Å²) in [5.41, 5.74) is 4.35. The van der Waals surface area contributed by atoms with Crippen LogP contribution >= 0.6 is 15.6 Å². The van der Waals surface area contributed by atoms with Crippen LogP contribution in [0, 0.1) is 0 Å². The lowest BCUT2D eigenvalue weighted by Crippen LogP contribution is -2.49. The van der Waals surface area contributed by atoms with E-state index in [1.807, 2.05) is 0 Å². The van der Waals surface area contributed by atoms with Gasteiger partial charge in [-0.2, -0.15) is 9.29 Å². The van der Waals surface area contributed by atoms with E-state index in [-0.39, 0.29) is 17.1 Å². The third kappa shape index (κ3) is 4.40. The van der Waals surface area contributed by atoms with Crippen LogP contribution in [-0.4, -0.2) is 74.1 Å². The topological polar surface area (TPSA) is 273 Å². The number of aliphatic hydroxyl groups excluding tert-OH is 1. The Kier molecular flexibility index (Phi) is 5.44. The van der Waals surface area contributed by atoms with Crippen molar-refractivity contribution in [3.8, 4) is 0 Å². The van der Waals surface area contributed by atoms with E-state index >= 15 is 0 Å². The van der Waals surface area contributed by atoms with Crippen LogP contribution in [0.25, 0.3) is 11.2 Å². The molecule has 17 nitrogen and oxygen atoms in total. The van der Waals surface area contributed by atoms with Crippen molar-refractivity contribution in [2.24, 2.45) is 0 Å². The predicted octanol–water partition coefficient (Wildman–Crippen LogP) is -3.13. The lowest BCUT2D eigenvalue weighted by atomic mass is 10.1. The van der Waals surface area contributed by atoms with Crippen molar-refractivity contribution in [3.05, 3.63) is 16.7 Å². The van der Waals surface area contributed by atoms with Crippen molar-refractivity contribution in [1.82, 2.24) is 19.5 Å². The Morgan fingerprint density at radius 1 is 1.34 bits per heavy atom. The number of rotatable bonds is 6. The number of hydrogen-bond donors (Lipinski definition) is 8. The SMILES string of the molecule is Nc1nc2c(ncn2[C@@H]2O[C@H](COP(=O)(O)OP(=O)(O)O)C(O)(O)[C@H]2O)c(=O)[nH]1. The van der Waals surface area contributed by atoms with Gasteiger partial charge in [-0.25, -0.2) is 14.1 Å². The van der Waals surface area contributed by atoms with E-state index in [1.165, 1.54) is 0 Å². The minimum Gasteiger partial charge on any atom is -0.383 e. The van der Waals surface area contributed by atoms with Gasteiger partial charge in [0.05, 0.1) is 12.9 Å². The van der Waals surface area contributed by atoms with Crippen molar-refractivity contribution >= 4 is 32.8 Å². The molecule has 9 N–H and O–H groups in total. The summed E-state index contributed by atoms with van der Waals surface area (Å²) in [4.78, 5) is 48.0. The highest BCUT2D eigenvalue weighted by atomic mass is 31.3. The molecule has 162 valence electrons. The van der Waals surface area contributed by atoms with Gasteiger partial charge in [-0.1, -0.05) is 0 Å². The zero-order valence-corrected chi connectivity index (χ0v) is 15.8. The first-order valence-corrected chi connectivity index (χ1v) is 10.5. The fraction of sp³-hybridized carbons (Fsp3) is 0.500. The monoisotopic (exact) mass is 459 g/mol. The summed E-state index contributed by atoms with van der Waals surface area (Å²) in [6, 6.07) is 0. The van der Waals surface area contributed by atoms with E-state index < -0.39 is 52.0 Å². The smallest absolute Gasteiger partial charge is 0.383 e. The van der Waals surface area contributed by atoms with Crippen LogP contribution in [-0.2, 0) is 22.7 Å². The van der Waals surface area contributed by atoms with Gasteiger partial charge in [-0.3, -0.25) is 18.9 Å². The fourth-order valence-corrected chi connectivity index (χ4v) is 4.16. The Morgan fingerprint density at radius 3 is 2.62 bits per heavy atom. The molecule has 0 aromatic carbocycles. The number of imidazole rings is 1. The van der Waals surface area contributed by atoms with Gasteiger partial charge in [0.1, 0.15) is 6.10 Å². The summed E-state index contributed by atoms with van der Waals surface area (Å²) in [5, 5.41) is 30.4. The summed E-state index contributed by atoms with van der Waals surface area (Å²) in [6.07, 6.45) is -4.62. The molecule has 0 amide bonds. The van der Waals surface area contributed by atoms with Gasteiger partial charge in [0, 0.05) is 0 Å². The first-order valence-electron chi connectivity index (χ1n) is 7.46. The Balaban J connectivity index is 1.85. The molecule has 0 spiro atoms. The van der Waals surface area contributed by atoms with Crippen molar-refractivity contribution in [2.75, 3.05) is 12.3 Å². The molecule has 0 bridgehead atoms. The van der Waals surface area contributed by atoms with E-state index in [4.69, 9.17) is 20.3 Å². The number of aromatic amines is 1. The number of fused-ring (bicyclic) bond motifs is 1. The number of phosphoric ester groups is 1. The van der Waals surface area contributed by atoms with Crippen LogP contribution in [0.1, 0.15) is 6.23 Å². The third-order valence-electron chi connectivity index (χ3n) is 3.81. The molecular weight excluding hydrogens is 444 g/mol. The summed E-state index contributed by atoms with van der Waals surface area (Å²) in [7, 11) is -10.7. The number of H-pyrrole nitrogens is 1. The zero-order chi connectivity index (χ0) is 21.8. The standard InChI is InChI=1S/C10H15N5O12P2/c11-9-13-6-4(7(17)14-9)12-2-15(6)8-5(16)10(18,19)3(26-8)1-25-29(23,24)27-28(20,21)22/h2-3,5,8,16,18-19H,1H2,(H,23,24)(H2,20,21,22)(H3,11,13,14,17)/t3-,5+,8-/m1/s1. The zero-order valence-electron chi connectivity index (χ0n) is 14.0. The molecule has 0 radical (unpaired) electrons. The highest BCUT2D eigenvalue weighted by Gasteiger charge is 2.56. The number of hydrogen-bond acceptors (Lipinski definition) is 12. The molecule has 3 heterocycles. The van der Waals surface area contributed by atoms with E-state index in [0.29, 0.717) is 0 Å². The maximum Gasteiger partial charge on any atom is 0.481 e. The maximum atomic E-state index is 11.8. The number of ether oxygens (including phenoxy) is 1. The van der Waals surface area contributed by atoms with Gasteiger partial charge in [0.15, 0.2) is 23.5 Å². The number of nitrogens with zero attached hydrogens (tertiary/aromatic N) is 3. The van der Waals surface area contributed by atoms with Crippen molar-refractivity contribution in [1.29, 1.82) is 0 Å². The lowest BCUT2D eigenvalue weighted by Gasteiger charge is -2.24. The number of aliphatic hydroxyl groups is 3. The summed E-state index contributed by atoms with van der Waals surface area (Å²) in [6.45, 7) is -1.14. The highest BCUT2D eigenvalue weighted by Crippen LogP contribution is 2.57. The highest BCUT2D eigenvalue weighted by molar-refractivity contribution is 7.60. The fourth-order valence-electron chi connectivity index (χ4n) is 2.57. The minimum atomic E-state index is -5.40. The quantitative estimate of drug-likeness (QED) is 0.157. The number of phosphoric acid groups is 2. The molecule has 0 aliphatic carbocycles. The van der Waals surface area contributed by atoms with Gasteiger partial charge in [-0.05, 0) is 0 Å². The molecule has 1 aliphatic rings. The Hall–Kier alpha value is -1.75. The van der Waals surface area contributed by atoms with Crippen molar-refractivity contribution in [3.63, 3.8) is 0 Å². The molecule has 3 rings (SSSR count). The van der Waals surface area contributed by atoms with Gasteiger partial charge in [0.25, 0.3) is 5.56 Å². The minimum absolute atomic E-state index is 0.176. The molecular formula is C10H15N5O12P2. The molecule has 1 unspecified atom stereocenters. The molecule has 1 fully saturated rings. The van der Waals surface area contributed by atoms with E-state index in [9.17, 15) is 34.1 Å². The van der Waals surface area contributed by atoms with Crippen LogP contribution in [0.2, 0.25) is 0 Å². The second-order valence-electron chi connectivity index (χ2n) is 5.85. The number of aromatic nitrogens is 4. The van der Waals surface area contributed by atoms with Crippen LogP contribution in [0.3, 0.4) is 0 Å². The second-order valence-corrected chi connectivity index (χ2v) is 8.68. The van der Waals surface area contributed by atoms with Crippen LogP contribution < -0.4 is 11.3 Å². The lowest BCUT2D eigenvalue weighted by molar-refractivity contribution is -0.234. The number of nitrogens with one attached hydrogen (secondary N) is 1. The molecule has 1 saturated heterocycles. The van der Waals surface area contributed by atoms with Gasteiger partial charge in [-0.15, -0.1) is 0 Å². The van der Waals surface area contributed by atoms with E-state index in [0.717, 1.165) is 10.9 Å². The van der Waals surface area contributed by atoms with Gasteiger partial charge in [0.2, 0.25) is 11.7 Å². The van der Waals surface area contributed by atoms with Crippen molar-refractivity contribution < 1.29 is 52.7 Å². The van der Waals surface area contributed by atoms with Gasteiger partial charge >= 0.3 is 15.6 Å². The maximum absolute atomic E-state index is 11.8. The molecule has 2 aromatic rings. The first-order chi connectivity index (χ1) is 13.2. The van der Waals surface area contributed by atoms with Gasteiger partial charge < -0.3 is 40.5 Å². The Morgan fingerprint density at radius 2 is 2.00 bits per heavy atom. The Bertz CT molecular complexity index is 1080. The van der Waals surface area contributed by atoms with E-state index in [1.54, 1.807) is 0 Å². The molecule has 4 atom stereocenters. The van der Waals surface area contributed by atoms with Crippen LogP contribution in [0.4, 0.5) is 5.95 Å². The predicted molar refractivity (Wildman–Crippen MR) is 88.6 cm³/mol. The number of nitrogens with two attached hydrogens (primary N) is 1. The first kappa shape index (κ1) is 21.9. The van der Waals surface area contributed by atoms with Crippen LogP contribution in [0.15, 0.2) is 11.1 Å². The molecule has 19 heteroatoms. The Labute approximate surface area is 159 Å². The number of nitrogen functional groups attached to an aromatic ring is 1. The second kappa shape index (κ2) is 7.19. The largest absolute Gasteiger partial charge is 0.481 e. The normalized spacial score (nSPS) is 26.6. The van der Waals surface area contributed by atoms with Crippen LogP contribution in [0.5, 0.6) is 0 Å². The molecule has 29 heavy (non-hydrogen) atoms. The third-order valence-corrected chi connectivity index (χ3v) is 5.96. The molecule has 2 aromatic heterocycles. The van der Waals surface area contributed by atoms with Crippen molar-refractivity contribution in [2.45, 2.75) is 24.2 Å². The summed E-state index contributed by atoms with van der Waals surface area (Å²) in [5.74, 6) is -3.36.